The summed E-state index contributed by atoms with van der Waals surface area (Å²) in [6.45, 7) is 1.77. The van der Waals surface area contributed by atoms with Crippen LogP contribution < -0.4 is 20.3 Å². The van der Waals surface area contributed by atoms with Gasteiger partial charge in [0.15, 0.2) is 0 Å². The third-order valence-electron chi connectivity index (χ3n) is 4.19. The van der Waals surface area contributed by atoms with Gasteiger partial charge in [0, 0.05) is 17.7 Å². The molecule has 0 aliphatic carbocycles. The lowest BCUT2D eigenvalue weighted by Gasteiger charge is -2.12. The first kappa shape index (κ1) is 19.2. The summed E-state index contributed by atoms with van der Waals surface area (Å²) in [4.78, 5) is 24.6. The van der Waals surface area contributed by atoms with Gasteiger partial charge in [0.05, 0.1) is 25.6 Å². The molecule has 3 rings (SSSR count). The number of aromatic nitrogens is 2. The van der Waals surface area contributed by atoms with Crippen molar-refractivity contribution in [1.29, 1.82) is 0 Å². The fourth-order valence-electron chi connectivity index (χ4n) is 2.68. The third-order valence-corrected chi connectivity index (χ3v) is 4.19. The Morgan fingerprint density at radius 1 is 1.04 bits per heavy atom. The van der Waals surface area contributed by atoms with Gasteiger partial charge in [0.2, 0.25) is 5.91 Å². The van der Waals surface area contributed by atoms with Gasteiger partial charge in [-0.05, 0) is 25.1 Å². The molecule has 1 heterocycles. The first-order valence-electron chi connectivity index (χ1n) is 8.67. The van der Waals surface area contributed by atoms with Crippen molar-refractivity contribution in [2.45, 2.75) is 13.5 Å². The summed E-state index contributed by atoms with van der Waals surface area (Å²) in [5.41, 5.74) is 2.71. The van der Waals surface area contributed by atoms with E-state index in [0.29, 0.717) is 22.9 Å². The lowest BCUT2D eigenvalue weighted by Crippen LogP contribution is -2.29. The molecule has 144 valence electrons. The van der Waals surface area contributed by atoms with E-state index in [1.165, 1.54) is 20.3 Å². The number of benzene rings is 2. The second kappa shape index (κ2) is 8.39. The van der Waals surface area contributed by atoms with E-state index in [1.807, 2.05) is 31.2 Å². The largest absolute Gasteiger partial charge is 0.497 e. The number of carbonyl (C=O) groups is 1. The van der Waals surface area contributed by atoms with Gasteiger partial charge in [-0.1, -0.05) is 29.8 Å². The topological polar surface area (TPSA) is 82.4 Å². The van der Waals surface area contributed by atoms with Crippen molar-refractivity contribution in [3.05, 3.63) is 70.5 Å². The molecule has 1 amide bonds. The summed E-state index contributed by atoms with van der Waals surface area (Å²) in [5.74, 6) is 0.665. The van der Waals surface area contributed by atoms with Crippen molar-refractivity contribution in [2.24, 2.45) is 0 Å². The normalized spacial score (nSPS) is 10.4. The quantitative estimate of drug-likeness (QED) is 0.712. The van der Waals surface area contributed by atoms with Crippen LogP contribution >= 0.6 is 0 Å². The molecule has 0 saturated carbocycles. The van der Waals surface area contributed by atoms with E-state index in [-0.39, 0.29) is 12.1 Å². The number of hydrogen-bond donors (Lipinski definition) is 1. The maximum Gasteiger partial charge on any atom is 0.267 e. The van der Waals surface area contributed by atoms with E-state index in [9.17, 15) is 9.59 Å². The lowest BCUT2D eigenvalue weighted by atomic mass is 10.1. The number of nitrogens with zero attached hydrogens (tertiary/aromatic N) is 2. The van der Waals surface area contributed by atoms with Crippen molar-refractivity contribution in [3.8, 4) is 22.8 Å². The molecule has 3 aromatic rings. The number of amides is 1. The molecular formula is C21H21N3O4. The van der Waals surface area contributed by atoms with Gasteiger partial charge < -0.3 is 14.8 Å². The number of aryl methyl sites for hydroxylation is 1. The molecule has 2 aromatic carbocycles. The molecule has 0 spiro atoms. The number of rotatable bonds is 6. The minimum absolute atomic E-state index is 0.223. The highest BCUT2D eigenvalue weighted by atomic mass is 16.5. The molecule has 0 atom stereocenters. The highest BCUT2D eigenvalue weighted by molar-refractivity contribution is 5.92. The van der Waals surface area contributed by atoms with Crippen molar-refractivity contribution in [3.63, 3.8) is 0 Å². The molecule has 7 heteroatoms. The summed E-state index contributed by atoms with van der Waals surface area (Å²) in [7, 11) is 3.04. The molecule has 0 bridgehead atoms. The van der Waals surface area contributed by atoms with Crippen LogP contribution in [0.5, 0.6) is 11.5 Å². The van der Waals surface area contributed by atoms with Gasteiger partial charge in [-0.25, -0.2) is 4.68 Å². The summed E-state index contributed by atoms with van der Waals surface area (Å²) in [6.07, 6.45) is 0. The fourth-order valence-corrected chi connectivity index (χ4v) is 2.68. The molecule has 0 saturated heterocycles. The standard InChI is InChI=1S/C21H21N3O4/c1-14-4-6-15(7-5-14)17-9-11-21(26)24(23-17)13-20(25)22-18-12-16(27-2)8-10-19(18)28-3/h4-12H,13H2,1-3H3,(H,22,25). The van der Waals surface area contributed by atoms with Crippen LogP contribution in [0.25, 0.3) is 11.3 Å². The van der Waals surface area contributed by atoms with Crippen molar-refractivity contribution >= 4 is 11.6 Å². The second-order valence-corrected chi connectivity index (χ2v) is 6.19. The van der Waals surface area contributed by atoms with Crippen LogP contribution in [0.3, 0.4) is 0 Å². The van der Waals surface area contributed by atoms with Crippen LogP contribution in [-0.4, -0.2) is 29.9 Å². The molecule has 0 unspecified atom stereocenters. The molecule has 7 nitrogen and oxygen atoms in total. The van der Waals surface area contributed by atoms with Crippen LogP contribution in [-0.2, 0) is 11.3 Å². The molecule has 0 radical (unpaired) electrons. The Balaban J connectivity index is 1.82. The fraction of sp³-hybridized carbons (Fsp3) is 0.190. The van der Waals surface area contributed by atoms with Crippen LogP contribution in [0.4, 0.5) is 5.69 Å². The molecule has 1 N–H and O–H groups in total. The molecule has 28 heavy (non-hydrogen) atoms. The lowest BCUT2D eigenvalue weighted by molar-refractivity contribution is -0.117. The van der Waals surface area contributed by atoms with Crippen molar-refractivity contribution in [1.82, 2.24) is 9.78 Å². The highest BCUT2D eigenvalue weighted by Crippen LogP contribution is 2.28. The first-order valence-corrected chi connectivity index (χ1v) is 8.67. The molecule has 0 fully saturated rings. The second-order valence-electron chi connectivity index (χ2n) is 6.19. The Bertz CT molecular complexity index is 1040. The highest BCUT2D eigenvalue weighted by Gasteiger charge is 2.12. The van der Waals surface area contributed by atoms with E-state index in [4.69, 9.17) is 9.47 Å². The Morgan fingerprint density at radius 3 is 2.46 bits per heavy atom. The number of nitrogens with one attached hydrogen (secondary N) is 1. The minimum atomic E-state index is -0.401. The average Bonchev–Trinajstić information content (AvgIpc) is 2.70. The predicted molar refractivity (Wildman–Crippen MR) is 107 cm³/mol. The molecular weight excluding hydrogens is 358 g/mol. The van der Waals surface area contributed by atoms with E-state index in [1.54, 1.807) is 24.3 Å². The van der Waals surface area contributed by atoms with Gasteiger partial charge in [0.25, 0.3) is 5.56 Å². The van der Waals surface area contributed by atoms with Crippen molar-refractivity contribution < 1.29 is 14.3 Å². The van der Waals surface area contributed by atoms with Crippen LogP contribution in [0.2, 0.25) is 0 Å². The van der Waals surface area contributed by atoms with Crippen molar-refractivity contribution in [2.75, 3.05) is 19.5 Å². The molecule has 1 aromatic heterocycles. The number of anilines is 1. The summed E-state index contributed by atoms with van der Waals surface area (Å²) in [5, 5.41) is 7.05. The Hall–Kier alpha value is -3.61. The Morgan fingerprint density at radius 2 is 1.79 bits per heavy atom. The number of ether oxygens (including phenoxy) is 2. The third kappa shape index (κ3) is 4.37. The molecule has 0 aliphatic rings. The minimum Gasteiger partial charge on any atom is -0.497 e. The van der Waals surface area contributed by atoms with E-state index < -0.39 is 5.91 Å². The van der Waals surface area contributed by atoms with Gasteiger partial charge >= 0.3 is 0 Å². The Labute approximate surface area is 162 Å². The SMILES string of the molecule is COc1ccc(OC)c(NC(=O)Cn2nc(-c3ccc(C)cc3)ccc2=O)c1. The number of carbonyl (C=O) groups excluding carboxylic acids is 1. The van der Waals surface area contributed by atoms with E-state index in [0.717, 1.165) is 15.8 Å². The zero-order chi connectivity index (χ0) is 20.1. The number of methoxy groups -OCH3 is 2. The monoisotopic (exact) mass is 379 g/mol. The van der Waals surface area contributed by atoms with Crippen LogP contribution in [0.15, 0.2) is 59.4 Å². The van der Waals surface area contributed by atoms with Gasteiger partial charge in [0.1, 0.15) is 18.0 Å². The Kier molecular flexibility index (Phi) is 5.74. The zero-order valence-electron chi connectivity index (χ0n) is 15.9. The predicted octanol–water partition coefficient (Wildman–Crippen LogP) is 2.87. The summed E-state index contributed by atoms with van der Waals surface area (Å²) >= 11 is 0. The van der Waals surface area contributed by atoms with Gasteiger partial charge in [-0.3, -0.25) is 9.59 Å². The number of hydrogen-bond acceptors (Lipinski definition) is 5. The zero-order valence-corrected chi connectivity index (χ0v) is 15.9. The first-order chi connectivity index (χ1) is 13.5. The smallest absolute Gasteiger partial charge is 0.267 e. The van der Waals surface area contributed by atoms with Crippen LogP contribution in [0.1, 0.15) is 5.56 Å². The maximum absolute atomic E-state index is 12.5. The summed E-state index contributed by atoms with van der Waals surface area (Å²) < 4.78 is 11.6. The van der Waals surface area contributed by atoms with E-state index in [2.05, 4.69) is 10.4 Å². The van der Waals surface area contributed by atoms with Crippen LogP contribution in [0, 0.1) is 6.92 Å². The maximum atomic E-state index is 12.5. The van der Waals surface area contributed by atoms with E-state index >= 15 is 0 Å². The van der Waals surface area contributed by atoms with Gasteiger partial charge in [-0.2, -0.15) is 5.10 Å². The average molecular weight is 379 g/mol. The summed E-state index contributed by atoms with van der Waals surface area (Å²) in [6, 6.07) is 15.9. The van der Waals surface area contributed by atoms with Gasteiger partial charge in [-0.15, -0.1) is 0 Å². The molecule has 0 aliphatic heterocycles.